The molecular formula is C31H49NO8. The van der Waals surface area contributed by atoms with E-state index in [1.165, 1.54) is 0 Å². The van der Waals surface area contributed by atoms with Gasteiger partial charge in [-0.2, -0.15) is 0 Å². The van der Waals surface area contributed by atoms with Crippen LogP contribution in [0.1, 0.15) is 112 Å². The van der Waals surface area contributed by atoms with Crippen LogP contribution in [0.15, 0.2) is 18.2 Å². The highest BCUT2D eigenvalue weighted by molar-refractivity contribution is 5.78. The van der Waals surface area contributed by atoms with Crippen molar-refractivity contribution in [2.45, 2.75) is 131 Å². The summed E-state index contributed by atoms with van der Waals surface area (Å²) < 4.78 is 22.0. The van der Waals surface area contributed by atoms with Gasteiger partial charge in [-0.15, -0.1) is 0 Å². The van der Waals surface area contributed by atoms with Gasteiger partial charge in [-0.25, -0.2) is 0 Å². The molecule has 1 rings (SSSR count). The first-order valence-electron chi connectivity index (χ1n) is 14.6. The topological polar surface area (TPSA) is 131 Å². The summed E-state index contributed by atoms with van der Waals surface area (Å²) in [6.07, 6.45) is 5.02. The van der Waals surface area contributed by atoms with Gasteiger partial charge < -0.3 is 24.7 Å². The number of nitrogens with two attached hydrogens (primary N) is 1. The molecular weight excluding hydrogens is 514 g/mol. The highest BCUT2D eigenvalue weighted by Crippen LogP contribution is 2.30. The Hall–Kier alpha value is -2.94. The lowest BCUT2D eigenvalue weighted by Crippen LogP contribution is -2.40. The Morgan fingerprint density at radius 1 is 0.800 bits per heavy atom. The summed E-state index contributed by atoms with van der Waals surface area (Å²) in [4.78, 5) is 49.8. The molecule has 0 saturated heterocycles. The number of hydrogen-bond donors (Lipinski definition) is 1. The SMILES string of the molecule is CCCCCC(=O)Oc1ccc(C[C@H](N)C(=O)O[C@@H](C)[C@H](C)OC(=O)C(C)(C)CC)cc1OC(=O)CCCCC. The first-order chi connectivity index (χ1) is 18.8. The van der Waals surface area contributed by atoms with Crippen LogP contribution in [-0.4, -0.2) is 42.1 Å². The summed E-state index contributed by atoms with van der Waals surface area (Å²) >= 11 is 0. The van der Waals surface area contributed by atoms with Crippen molar-refractivity contribution >= 4 is 23.9 Å². The lowest BCUT2D eigenvalue weighted by molar-refractivity contribution is -0.172. The van der Waals surface area contributed by atoms with E-state index < -0.39 is 41.6 Å². The molecule has 0 heterocycles. The number of benzene rings is 1. The zero-order valence-electron chi connectivity index (χ0n) is 25.4. The third-order valence-corrected chi connectivity index (χ3v) is 6.88. The van der Waals surface area contributed by atoms with Gasteiger partial charge in [-0.1, -0.05) is 52.5 Å². The van der Waals surface area contributed by atoms with Crippen molar-refractivity contribution in [2.75, 3.05) is 0 Å². The Balaban J connectivity index is 2.91. The van der Waals surface area contributed by atoms with Crippen LogP contribution in [0.3, 0.4) is 0 Å². The Morgan fingerprint density at radius 3 is 1.85 bits per heavy atom. The van der Waals surface area contributed by atoms with Crippen molar-refractivity contribution in [3.63, 3.8) is 0 Å². The number of hydrogen-bond acceptors (Lipinski definition) is 9. The average molecular weight is 564 g/mol. The summed E-state index contributed by atoms with van der Waals surface area (Å²) in [7, 11) is 0. The highest BCUT2D eigenvalue weighted by atomic mass is 16.6. The second kappa shape index (κ2) is 17.7. The van der Waals surface area contributed by atoms with Crippen molar-refractivity contribution in [1.82, 2.24) is 0 Å². The fraction of sp³-hybridized carbons (Fsp3) is 0.677. The van der Waals surface area contributed by atoms with Crippen LogP contribution in [0, 0.1) is 5.41 Å². The maximum atomic E-state index is 12.7. The van der Waals surface area contributed by atoms with Gasteiger partial charge in [-0.3, -0.25) is 19.2 Å². The fourth-order valence-corrected chi connectivity index (χ4v) is 3.50. The predicted molar refractivity (Wildman–Crippen MR) is 153 cm³/mol. The Morgan fingerprint density at radius 2 is 1.32 bits per heavy atom. The third kappa shape index (κ3) is 12.5. The molecule has 0 saturated carbocycles. The number of unbranched alkanes of at least 4 members (excludes halogenated alkanes) is 4. The number of esters is 4. The van der Waals surface area contributed by atoms with Gasteiger partial charge in [0.05, 0.1) is 5.41 Å². The summed E-state index contributed by atoms with van der Waals surface area (Å²) in [5, 5.41) is 0. The van der Waals surface area contributed by atoms with Crippen molar-refractivity contribution in [3.8, 4) is 11.5 Å². The molecule has 9 heteroatoms. The molecule has 0 unspecified atom stereocenters. The largest absolute Gasteiger partial charge is 0.458 e. The molecule has 2 N–H and O–H groups in total. The van der Waals surface area contributed by atoms with Crippen molar-refractivity contribution in [3.05, 3.63) is 23.8 Å². The lowest BCUT2D eigenvalue weighted by atomic mass is 9.90. The van der Waals surface area contributed by atoms with E-state index in [-0.39, 0.29) is 36.7 Å². The van der Waals surface area contributed by atoms with E-state index in [2.05, 4.69) is 0 Å². The van der Waals surface area contributed by atoms with E-state index in [0.29, 0.717) is 24.8 Å². The maximum absolute atomic E-state index is 12.7. The molecule has 1 aromatic rings. The van der Waals surface area contributed by atoms with Gasteiger partial charge in [0.1, 0.15) is 18.2 Å². The Kier molecular flexibility index (Phi) is 15.5. The van der Waals surface area contributed by atoms with Crippen LogP contribution in [0.4, 0.5) is 0 Å². The molecule has 40 heavy (non-hydrogen) atoms. The lowest BCUT2D eigenvalue weighted by Gasteiger charge is -2.27. The van der Waals surface area contributed by atoms with Crippen LogP contribution in [0.5, 0.6) is 11.5 Å². The maximum Gasteiger partial charge on any atom is 0.323 e. The van der Waals surface area contributed by atoms with E-state index in [9.17, 15) is 19.2 Å². The molecule has 0 radical (unpaired) electrons. The third-order valence-electron chi connectivity index (χ3n) is 6.88. The van der Waals surface area contributed by atoms with Crippen LogP contribution >= 0.6 is 0 Å². The molecule has 0 bridgehead atoms. The summed E-state index contributed by atoms with van der Waals surface area (Å²) in [5.74, 6) is -1.61. The number of ether oxygens (including phenoxy) is 4. The van der Waals surface area contributed by atoms with Crippen molar-refractivity contribution < 1.29 is 38.1 Å². The number of carbonyl (C=O) groups excluding carboxylic acids is 4. The monoisotopic (exact) mass is 563 g/mol. The van der Waals surface area contributed by atoms with Crippen molar-refractivity contribution in [1.29, 1.82) is 0 Å². The van der Waals surface area contributed by atoms with Crippen LogP contribution in [0.25, 0.3) is 0 Å². The van der Waals surface area contributed by atoms with Crippen LogP contribution < -0.4 is 15.2 Å². The van der Waals surface area contributed by atoms with Crippen LogP contribution in [-0.2, 0) is 35.1 Å². The van der Waals surface area contributed by atoms with Gasteiger partial charge >= 0.3 is 23.9 Å². The Labute approximate surface area is 239 Å². The normalized spacial score (nSPS) is 13.6. The molecule has 9 nitrogen and oxygen atoms in total. The van der Waals surface area contributed by atoms with E-state index in [4.69, 9.17) is 24.7 Å². The number of carbonyl (C=O) groups is 4. The van der Waals surface area contributed by atoms with Gasteiger partial charge in [0.15, 0.2) is 11.5 Å². The van der Waals surface area contributed by atoms with Gasteiger partial charge in [-0.05, 0) is 71.1 Å². The fourth-order valence-electron chi connectivity index (χ4n) is 3.50. The van der Waals surface area contributed by atoms with Gasteiger partial charge in [0.25, 0.3) is 0 Å². The smallest absolute Gasteiger partial charge is 0.323 e. The predicted octanol–water partition coefficient (Wildman–Crippen LogP) is 5.83. The zero-order valence-corrected chi connectivity index (χ0v) is 25.4. The molecule has 0 spiro atoms. The Bertz CT molecular complexity index is 974. The minimum Gasteiger partial charge on any atom is -0.458 e. The molecule has 0 aliphatic heterocycles. The average Bonchev–Trinajstić information content (AvgIpc) is 2.90. The van der Waals surface area contributed by atoms with E-state index in [1.54, 1.807) is 45.9 Å². The second-order valence-corrected chi connectivity index (χ2v) is 10.9. The standard InChI is InChI=1S/C31H49NO8/c1-8-11-13-15-27(33)39-25-18-17-23(20-26(25)40-28(34)16-14-12-9-2)19-24(32)29(35)37-21(4)22(5)38-30(36)31(6,7)10-3/h17-18,20-22,24H,8-16,19,32H2,1-7H3/t21-,22-,24-/m0/s1. The van der Waals surface area contributed by atoms with E-state index >= 15 is 0 Å². The minimum atomic E-state index is -1.02. The molecule has 0 aliphatic rings. The summed E-state index contributed by atoms with van der Waals surface area (Å²) in [5.41, 5.74) is 6.10. The first kappa shape index (κ1) is 35.1. The zero-order chi connectivity index (χ0) is 30.3. The highest BCUT2D eigenvalue weighted by Gasteiger charge is 2.31. The first-order valence-corrected chi connectivity index (χ1v) is 14.6. The molecule has 1 aromatic carbocycles. The van der Waals surface area contributed by atoms with Gasteiger partial charge in [0, 0.05) is 12.8 Å². The summed E-state index contributed by atoms with van der Waals surface area (Å²) in [6, 6.07) is 3.74. The van der Waals surface area contributed by atoms with E-state index in [1.807, 2.05) is 20.8 Å². The molecule has 0 aromatic heterocycles. The molecule has 0 amide bonds. The molecule has 0 fully saturated rings. The van der Waals surface area contributed by atoms with Gasteiger partial charge in [0.2, 0.25) is 0 Å². The molecule has 0 aliphatic carbocycles. The molecule has 226 valence electrons. The second-order valence-electron chi connectivity index (χ2n) is 10.9. The summed E-state index contributed by atoms with van der Waals surface area (Å²) in [6.45, 7) is 12.9. The number of rotatable bonds is 18. The quantitative estimate of drug-likeness (QED) is 0.133. The van der Waals surface area contributed by atoms with Crippen molar-refractivity contribution in [2.24, 2.45) is 11.1 Å². The molecule has 3 atom stereocenters. The minimum absolute atomic E-state index is 0.0910. The van der Waals surface area contributed by atoms with Crippen LogP contribution in [0.2, 0.25) is 0 Å². The van der Waals surface area contributed by atoms with E-state index in [0.717, 1.165) is 25.7 Å².